The first-order chi connectivity index (χ1) is 13.6. The molecule has 28 heavy (non-hydrogen) atoms. The van der Waals surface area contributed by atoms with E-state index in [0.717, 1.165) is 36.2 Å². The van der Waals surface area contributed by atoms with Crippen molar-refractivity contribution in [2.75, 3.05) is 18.4 Å². The number of piperidine rings is 1. The van der Waals surface area contributed by atoms with E-state index in [1.54, 1.807) is 17.8 Å². The second-order valence-corrected chi connectivity index (χ2v) is 9.99. The predicted molar refractivity (Wildman–Crippen MR) is 110 cm³/mol. The maximum atomic E-state index is 12.9. The van der Waals surface area contributed by atoms with E-state index in [9.17, 15) is 13.2 Å². The molecule has 7 nitrogen and oxygen atoms in total. The number of hydrogen-bond acceptors (Lipinski definition) is 7. The molecule has 0 atom stereocenters. The number of thiophene rings is 1. The van der Waals surface area contributed by atoms with Gasteiger partial charge in [0.1, 0.15) is 9.77 Å². The lowest BCUT2D eigenvalue weighted by atomic mass is 10.2. The Morgan fingerprint density at radius 2 is 1.96 bits per heavy atom. The number of sulfonamides is 1. The fourth-order valence-electron chi connectivity index (χ4n) is 3.04. The van der Waals surface area contributed by atoms with Crippen LogP contribution in [-0.4, -0.2) is 41.7 Å². The first kappa shape index (κ1) is 19.2. The van der Waals surface area contributed by atoms with Crippen LogP contribution in [0.2, 0.25) is 0 Å². The Morgan fingerprint density at radius 3 is 2.71 bits per heavy atom. The molecule has 10 heteroatoms. The molecule has 146 valence electrons. The van der Waals surface area contributed by atoms with Crippen molar-refractivity contribution in [3.05, 3.63) is 46.2 Å². The average molecular weight is 435 g/mol. The molecule has 1 N–H and O–H groups in total. The number of amides is 1. The molecule has 0 aliphatic carbocycles. The fraction of sp³-hybridized carbons (Fsp3) is 0.278. The first-order valence-corrected chi connectivity index (χ1v) is 12.0. The minimum Gasteiger partial charge on any atom is -0.297 e. The molecule has 0 radical (unpaired) electrons. The summed E-state index contributed by atoms with van der Waals surface area (Å²) in [5.74, 6) is -0.460. The second kappa shape index (κ2) is 8.08. The zero-order chi connectivity index (χ0) is 19.6. The number of anilines is 1. The van der Waals surface area contributed by atoms with Crippen molar-refractivity contribution in [1.29, 1.82) is 0 Å². The van der Waals surface area contributed by atoms with Gasteiger partial charge < -0.3 is 0 Å². The molecule has 0 spiro atoms. The summed E-state index contributed by atoms with van der Waals surface area (Å²) in [5, 5.41) is 6.60. The minimum atomic E-state index is -3.67. The van der Waals surface area contributed by atoms with Crippen LogP contribution in [0.4, 0.5) is 5.13 Å². The van der Waals surface area contributed by atoms with E-state index in [1.807, 2.05) is 17.5 Å². The summed E-state index contributed by atoms with van der Waals surface area (Å²) in [6.45, 7) is 1.00. The molecule has 4 heterocycles. The molecule has 1 aliphatic heterocycles. The largest absolute Gasteiger partial charge is 0.297 e. The maximum Gasteiger partial charge on any atom is 0.268 e. The van der Waals surface area contributed by atoms with Gasteiger partial charge in [-0.25, -0.2) is 13.4 Å². The number of nitrogens with one attached hydrogen (secondary N) is 1. The number of pyridine rings is 1. The SMILES string of the molecule is O=C(Nc1nc(-c2cccnc2)cs1)c1sccc1S(=O)(=O)N1CCCCC1. The van der Waals surface area contributed by atoms with E-state index in [1.165, 1.54) is 21.7 Å². The number of carbonyl (C=O) groups excluding carboxylic acids is 1. The maximum absolute atomic E-state index is 12.9. The highest BCUT2D eigenvalue weighted by Crippen LogP contribution is 2.29. The van der Waals surface area contributed by atoms with Crippen LogP contribution >= 0.6 is 22.7 Å². The van der Waals surface area contributed by atoms with E-state index < -0.39 is 15.9 Å². The Balaban J connectivity index is 1.54. The third-order valence-electron chi connectivity index (χ3n) is 4.45. The van der Waals surface area contributed by atoms with E-state index in [0.29, 0.717) is 23.9 Å². The predicted octanol–water partition coefficient (Wildman–Crippen LogP) is 3.69. The highest BCUT2D eigenvalue weighted by molar-refractivity contribution is 7.89. The number of carbonyl (C=O) groups is 1. The Morgan fingerprint density at radius 1 is 1.14 bits per heavy atom. The molecule has 1 fully saturated rings. The van der Waals surface area contributed by atoms with Crippen molar-refractivity contribution in [2.45, 2.75) is 24.2 Å². The molecule has 0 aromatic carbocycles. The highest BCUT2D eigenvalue weighted by atomic mass is 32.2. The van der Waals surface area contributed by atoms with Crippen molar-refractivity contribution < 1.29 is 13.2 Å². The fourth-order valence-corrected chi connectivity index (χ4v) is 6.57. The molecule has 0 unspecified atom stereocenters. The summed E-state index contributed by atoms with van der Waals surface area (Å²) in [4.78, 5) is 21.5. The minimum absolute atomic E-state index is 0.0703. The quantitative estimate of drug-likeness (QED) is 0.661. The monoisotopic (exact) mass is 434 g/mol. The molecule has 4 rings (SSSR count). The van der Waals surface area contributed by atoms with E-state index in [-0.39, 0.29) is 9.77 Å². The van der Waals surface area contributed by atoms with Crippen LogP contribution in [0, 0.1) is 0 Å². The first-order valence-electron chi connectivity index (χ1n) is 8.80. The van der Waals surface area contributed by atoms with E-state index in [2.05, 4.69) is 15.3 Å². The molecule has 1 aliphatic rings. The molecular formula is C18H18N4O3S3. The van der Waals surface area contributed by atoms with Gasteiger partial charge in [-0.1, -0.05) is 6.42 Å². The topological polar surface area (TPSA) is 92.3 Å². The third-order valence-corrected chi connectivity index (χ3v) is 8.19. The van der Waals surface area contributed by atoms with Crippen molar-refractivity contribution in [3.8, 4) is 11.3 Å². The molecule has 1 amide bonds. The number of nitrogens with zero attached hydrogens (tertiary/aromatic N) is 3. The van der Waals surface area contributed by atoms with Gasteiger partial charge in [0.25, 0.3) is 5.91 Å². The summed E-state index contributed by atoms with van der Waals surface area (Å²) < 4.78 is 27.4. The van der Waals surface area contributed by atoms with Crippen molar-refractivity contribution in [1.82, 2.24) is 14.3 Å². The van der Waals surface area contributed by atoms with Crippen molar-refractivity contribution >= 4 is 43.7 Å². The highest BCUT2D eigenvalue weighted by Gasteiger charge is 2.31. The van der Waals surface area contributed by atoms with Crippen LogP contribution in [0.15, 0.2) is 46.2 Å². The summed E-state index contributed by atoms with van der Waals surface area (Å²) in [6, 6.07) is 5.21. The molecule has 1 saturated heterocycles. The van der Waals surface area contributed by atoms with Gasteiger partial charge in [0.2, 0.25) is 10.0 Å². The van der Waals surface area contributed by atoms with Gasteiger partial charge in [0.05, 0.1) is 5.69 Å². The van der Waals surface area contributed by atoms with E-state index in [4.69, 9.17) is 0 Å². The van der Waals surface area contributed by atoms with Crippen LogP contribution < -0.4 is 5.32 Å². The van der Waals surface area contributed by atoms with Crippen LogP contribution in [0.25, 0.3) is 11.3 Å². The third kappa shape index (κ3) is 3.86. The zero-order valence-electron chi connectivity index (χ0n) is 14.9. The summed E-state index contributed by atoms with van der Waals surface area (Å²) in [6.07, 6.45) is 6.11. The van der Waals surface area contributed by atoms with E-state index >= 15 is 0 Å². The van der Waals surface area contributed by atoms with Crippen molar-refractivity contribution in [3.63, 3.8) is 0 Å². The Bertz CT molecular complexity index is 1070. The van der Waals surface area contributed by atoms with Gasteiger partial charge in [0.15, 0.2) is 5.13 Å². The molecule has 0 bridgehead atoms. The lowest BCUT2D eigenvalue weighted by Gasteiger charge is -2.25. The van der Waals surface area contributed by atoms with Crippen LogP contribution in [0.5, 0.6) is 0 Å². The Labute approximate surface area is 171 Å². The van der Waals surface area contributed by atoms with Gasteiger partial charge in [-0.3, -0.25) is 15.1 Å². The number of aromatic nitrogens is 2. The lowest BCUT2D eigenvalue weighted by molar-refractivity contribution is 0.102. The standard InChI is InChI=1S/C18H18N4O3S3/c23-17(21-18-20-14(12-27-18)13-5-4-7-19-11-13)16-15(6-10-26-16)28(24,25)22-8-2-1-3-9-22/h4-7,10-12H,1-3,8-9H2,(H,20,21,23). The summed E-state index contributed by atoms with van der Waals surface area (Å²) >= 11 is 2.41. The van der Waals surface area contributed by atoms with Crippen LogP contribution in [-0.2, 0) is 10.0 Å². The smallest absolute Gasteiger partial charge is 0.268 e. The van der Waals surface area contributed by atoms with Crippen LogP contribution in [0.1, 0.15) is 28.9 Å². The summed E-state index contributed by atoms with van der Waals surface area (Å²) in [5.41, 5.74) is 1.56. The van der Waals surface area contributed by atoms with Gasteiger partial charge in [0, 0.05) is 36.4 Å². The summed E-state index contributed by atoms with van der Waals surface area (Å²) in [7, 11) is -3.67. The number of rotatable bonds is 5. The normalized spacial score (nSPS) is 15.4. The van der Waals surface area contributed by atoms with Gasteiger partial charge in [-0.05, 0) is 36.4 Å². The molecular weight excluding hydrogens is 416 g/mol. The van der Waals surface area contributed by atoms with Crippen molar-refractivity contribution in [2.24, 2.45) is 0 Å². The number of thiazole rings is 1. The van der Waals surface area contributed by atoms with Gasteiger partial charge >= 0.3 is 0 Å². The Hall–Kier alpha value is -2.14. The van der Waals surface area contributed by atoms with Gasteiger partial charge in [-0.2, -0.15) is 4.31 Å². The Kier molecular flexibility index (Phi) is 5.54. The lowest BCUT2D eigenvalue weighted by Crippen LogP contribution is -2.36. The average Bonchev–Trinajstić information content (AvgIpc) is 3.39. The molecule has 3 aromatic rings. The molecule has 0 saturated carbocycles. The zero-order valence-corrected chi connectivity index (χ0v) is 17.3. The molecule has 3 aromatic heterocycles. The number of hydrogen-bond donors (Lipinski definition) is 1. The van der Waals surface area contributed by atoms with Gasteiger partial charge in [-0.15, -0.1) is 22.7 Å². The van der Waals surface area contributed by atoms with Crippen LogP contribution in [0.3, 0.4) is 0 Å². The second-order valence-electron chi connectivity index (χ2n) is 6.31.